The molecule has 2 aromatic rings. The largest absolute Gasteiger partial charge is 0.481 e. The van der Waals surface area contributed by atoms with E-state index in [4.69, 9.17) is 5.11 Å². The lowest BCUT2D eigenvalue weighted by atomic mass is 10.0. The summed E-state index contributed by atoms with van der Waals surface area (Å²) in [5.41, 5.74) is 4.77. The fraction of sp³-hybridized carbons (Fsp3) is 0.235. The standard InChI is InChI=1S/C17H18O2/c1-2-13-3-8-15(9-4-13)16-10-5-14(6-11-16)7-12-17(18)19/h3-6,8-11H,2,7,12H2,1H3,(H,18,19). The van der Waals surface area contributed by atoms with E-state index in [1.165, 1.54) is 16.7 Å². The van der Waals surface area contributed by atoms with Crippen molar-refractivity contribution in [3.8, 4) is 11.1 Å². The van der Waals surface area contributed by atoms with Gasteiger partial charge in [-0.15, -0.1) is 0 Å². The van der Waals surface area contributed by atoms with E-state index in [2.05, 4.69) is 43.3 Å². The Kier molecular flexibility index (Phi) is 4.35. The van der Waals surface area contributed by atoms with E-state index in [1.54, 1.807) is 0 Å². The third kappa shape index (κ3) is 3.68. The highest BCUT2D eigenvalue weighted by Gasteiger charge is 2.01. The Morgan fingerprint density at radius 2 is 1.37 bits per heavy atom. The molecule has 1 N–H and O–H groups in total. The van der Waals surface area contributed by atoms with Crippen molar-refractivity contribution in [1.29, 1.82) is 0 Å². The van der Waals surface area contributed by atoms with Crippen LogP contribution >= 0.6 is 0 Å². The van der Waals surface area contributed by atoms with Crippen LogP contribution in [0.25, 0.3) is 11.1 Å². The summed E-state index contributed by atoms with van der Waals surface area (Å²) in [6.45, 7) is 2.15. The molecule has 0 fully saturated rings. The van der Waals surface area contributed by atoms with E-state index < -0.39 is 5.97 Å². The van der Waals surface area contributed by atoms with Crippen LogP contribution < -0.4 is 0 Å². The molecule has 2 nitrogen and oxygen atoms in total. The molecule has 0 aliphatic carbocycles. The molecular formula is C17H18O2. The first-order valence-corrected chi connectivity index (χ1v) is 6.59. The third-order valence-corrected chi connectivity index (χ3v) is 3.28. The molecule has 0 bridgehead atoms. The average Bonchev–Trinajstić information content (AvgIpc) is 2.46. The van der Waals surface area contributed by atoms with Crippen molar-refractivity contribution in [2.24, 2.45) is 0 Å². The van der Waals surface area contributed by atoms with E-state index >= 15 is 0 Å². The normalized spacial score (nSPS) is 10.4. The number of hydrogen-bond acceptors (Lipinski definition) is 1. The number of carboxylic acid groups (broad SMARTS) is 1. The zero-order valence-corrected chi connectivity index (χ0v) is 11.1. The zero-order chi connectivity index (χ0) is 13.7. The Hall–Kier alpha value is -2.09. The Balaban J connectivity index is 2.10. The van der Waals surface area contributed by atoms with Gasteiger partial charge in [0.1, 0.15) is 0 Å². The second kappa shape index (κ2) is 6.19. The maximum absolute atomic E-state index is 10.5. The number of carboxylic acids is 1. The van der Waals surface area contributed by atoms with Gasteiger partial charge in [0.25, 0.3) is 0 Å². The summed E-state index contributed by atoms with van der Waals surface area (Å²) >= 11 is 0. The molecule has 98 valence electrons. The number of carbonyl (C=O) groups is 1. The second-order valence-electron chi connectivity index (χ2n) is 4.64. The van der Waals surface area contributed by atoms with Gasteiger partial charge in [0, 0.05) is 6.42 Å². The van der Waals surface area contributed by atoms with Crippen molar-refractivity contribution in [3.63, 3.8) is 0 Å². The van der Waals surface area contributed by atoms with Gasteiger partial charge in [0.2, 0.25) is 0 Å². The lowest BCUT2D eigenvalue weighted by Crippen LogP contribution is -1.97. The van der Waals surface area contributed by atoms with E-state index in [0.717, 1.165) is 12.0 Å². The lowest BCUT2D eigenvalue weighted by molar-refractivity contribution is -0.136. The van der Waals surface area contributed by atoms with Crippen molar-refractivity contribution in [1.82, 2.24) is 0 Å². The second-order valence-corrected chi connectivity index (χ2v) is 4.64. The molecule has 0 saturated carbocycles. The van der Waals surface area contributed by atoms with Gasteiger partial charge in [-0.1, -0.05) is 55.5 Å². The smallest absolute Gasteiger partial charge is 0.303 e. The predicted octanol–water partition coefficient (Wildman–Crippen LogP) is 3.93. The summed E-state index contributed by atoms with van der Waals surface area (Å²) in [5, 5.41) is 8.66. The van der Waals surface area contributed by atoms with Gasteiger partial charge < -0.3 is 5.11 Å². The van der Waals surface area contributed by atoms with E-state index in [0.29, 0.717) is 6.42 Å². The lowest BCUT2D eigenvalue weighted by Gasteiger charge is -2.05. The van der Waals surface area contributed by atoms with Gasteiger partial charge in [0.15, 0.2) is 0 Å². The molecule has 0 heterocycles. The number of aryl methyl sites for hydroxylation is 2. The van der Waals surface area contributed by atoms with Crippen molar-refractivity contribution in [3.05, 3.63) is 59.7 Å². The molecule has 0 aromatic heterocycles. The average molecular weight is 254 g/mol. The third-order valence-electron chi connectivity index (χ3n) is 3.28. The molecule has 0 unspecified atom stereocenters. The summed E-state index contributed by atoms with van der Waals surface area (Å²) < 4.78 is 0. The molecule has 0 spiro atoms. The summed E-state index contributed by atoms with van der Waals surface area (Å²) in [4.78, 5) is 10.5. The predicted molar refractivity (Wildman–Crippen MR) is 77.2 cm³/mol. The van der Waals surface area contributed by atoms with Crippen LogP contribution in [0.5, 0.6) is 0 Å². The van der Waals surface area contributed by atoms with Crippen molar-refractivity contribution < 1.29 is 9.90 Å². The molecular weight excluding hydrogens is 236 g/mol. The maximum atomic E-state index is 10.5. The van der Waals surface area contributed by atoms with Gasteiger partial charge in [0.05, 0.1) is 0 Å². The molecule has 2 aromatic carbocycles. The van der Waals surface area contributed by atoms with Crippen molar-refractivity contribution in [2.45, 2.75) is 26.2 Å². The van der Waals surface area contributed by atoms with Crippen molar-refractivity contribution in [2.75, 3.05) is 0 Å². The first-order valence-electron chi connectivity index (χ1n) is 6.59. The van der Waals surface area contributed by atoms with Crippen LogP contribution in [0.15, 0.2) is 48.5 Å². The topological polar surface area (TPSA) is 37.3 Å². The van der Waals surface area contributed by atoms with Crippen LogP contribution in [-0.2, 0) is 17.6 Å². The van der Waals surface area contributed by atoms with Crippen LogP contribution in [-0.4, -0.2) is 11.1 Å². The van der Waals surface area contributed by atoms with E-state index in [1.807, 2.05) is 12.1 Å². The summed E-state index contributed by atoms with van der Waals surface area (Å²) in [7, 11) is 0. The van der Waals surface area contributed by atoms with Gasteiger partial charge in [-0.2, -0.15) is 0 Å². The Labute approximate surface area is 113 Å². The molecule has 0 radical (unpaired) electrons. The minimum Gasteiger partial charge on any atom is -0.481 e. The molecule has 2 heteroatoms. The van der Waals surface area contributed by atoms with Crippen LogP contribution in [0.1, 0.15) is 24.5 Å². The number of rotatable bonds is 5. The first-order chi connectivity index (χ1) is 9.19. The molecule has 19 heavy (non-hydrogen) atoms. The number of aliphatic carboxylic acids is 1. The van der Waals surface area contributed by atoms with Gasteiger partial charge in [-0.3, -0.25) is 4.79 Å². The molecule has 0 aliphatic heterocycles. The van der Waals surface area contributed by atoms with Crippen molar-refractivity contribution >= 4 is 5.97 Å². The zero-order valence-electron chi connectivity index (χ0n) is 11.1. The fourth-order valence-corrected chi connectivity index (χ4v) is 2.05. The van der Waals surface area contributed by atoms with Gasteiger partial charge in [-0.25, -0.2) is 0 Å². The molecule has 0 atom stereocenters. The Morgan fingerprint density at radius 3 is 1.79 bits per heavy atom. The minimum atomic E-state index is -0.751. The number of hydrogen-bond donors (Lipinski definition) is 1. The van der Waals surface area contributed by atoms with Crippen LogP contribution in [0, 0.1) is 0 Å². The minimum absolute atomic E-state index is 0.185. The monoisotopic (exact) mass is 254 g/mol. The highest BCUT2D eigenvalue weighted by atomic mass is 16.4. The quantitative estimate of drug-likeness (QED) is 0.877. The van der Waals surface area contributed by atoms with Crippen LogP contribution in [0.3, 0.4) is 0 Å². The van der Waals surface area contributed by atoms with E-state index in [9.17, 15) is 4.79 Å². The van der Waals surface area contributed by atoms with Gasteiger partial charge in [-0.05, 0) is 35.1 Å². The Morgan fingerprint density at radius 1 is 0.895 bits per heavy atom. The fourth-order valence-electron chi connectivity index (χ4n) is 2.05. The van der Waals surface area contributed by atoms with Gasteiger partial charge >= 0.3 is 5.97 Å². The van der Waals surface area contributed by atoms with Crippen LogP contribution in [0.4, 0.5) is 0 Å². The summed E-state index contributed by atoms with van der Waals surface area (Å²) in [6, 6.07) is 16.7. The summed E-state index contributed by atoms with van der Waals surface area (Å²) in [5.74, 6) is -0.751. The molecule has 0 amide bonds. The maximum Gasteiger partial charge on any atom is 0.303 e. The SMILES string of the molecule is CCc1ccc(-c2ccc(CCC(=O)O)cc2)cc1. The highest BCUT2D eigenvalue weighted by molar-refractivity contribution is 5.67. The molecule has 0 aliphatic rings. The molecule has 2 rings (SSSR count). The first kappa shape index (κ1) is 13.3. The Bertz CT molecular complexity index is 538. The highest BCUT2D eigenvalue weighted by Crippen LogP contribution is 2.21. The summed E-state index contributed by atoms with van der Waals surface area (Å²) in [6.07, 6.45) is 1.82. The number of benzene rings is 2. The molecule has 0 saturated heterocycles. The van der Waals surface area contributed by atoms with Crippen LogP contribution in [0.2, 0.25) is 0 Å². The van der Waals surface area contributed by atoms with E-state index in [-0.39, 0.29) is 6.42 Å².